The molecule has 1 aromatic carbocycles. The maximum absolute atomic E-state index is 13.5. The lowest BCUT2D eigenvalue weighted by Gasteiger charge is -2.07. The molecule has 1 aromatic rings. The molecule has 1 atom stereocenters. The van der Waals surface area contributed by atoms with Crippen molar-refractivity contribution in [2.75, 3.05) is 0 Å². The molecule has 0 aromatic heterocycles. The maximum atomic E-state index is 13.5. The molecule has 0 fully saturated rings. The van der Waals surface area contributed by atoms with Crippen molar-refractivity contribution >= 4 is 5.78 Å². The van der Waals surface area contributed by atoms with E-state index >= 15 is 0 Å². The molecule has 2 heteroatoms. The summed E-state index contributed by atoms with van der Waals surface area (Å²) >= 11 is 0. The highest BCUT2D eigenvalue weighted by Crippen LogP contribution is 2.20. The number of benzene rings is 1. The Morgan fingerprint density at radius 3 is 2.75 bits per heavy atom. The lowest BCUT2D eigenvalue weighted by Crippen LogP contribution is -2.03. The van der Waals surface area contributed by atoms with Crippen molar-refractivity contribution < 1.29 is 9.18 Å². The van der Waals surface area contributed by atoms with Crippen LogP contribution in [0.2, 0.25) is 0 Å². The van der Waals surface area contributed by atoms with Crippen molar-refractivity contribution in [1.29, 1.82) is 0 Å². The highest BCUT2D eigenvalue weighted by Gasteiger charge is 2.14. The van der Waals surface area contributed by atoms with E-state index in [1.165, 1.54) is 19.8 Å². The molecule has 0 N–H and O–H groups in total. The van der Waals surface area contributed by atoms with E-state index in [4.69, 9.17) is 0 Å². The molecular weight excluding hydrogens is 203 g/mol. The van der Waals surface area contributed by atoms with Crippen molar-refractivity contribution in [1.82, 2.24) is 0 Å². The molecule has 0 spiro atoms. The van der Waals surface area contributed by atoms with Crippen LogP contribution in [0.15, 0.2) is 24.3 Å². The van der Waals surface area contributed by atoms with Crippen LogP contribution in [0, 0.1) is 0 Å². The van der Waals surface area contributed by atoms with E-state index in [-0.39, 0.29) is 0 Å². The van der Waals surface area contributed by atoms with Gasteiger partial charge in [0.15, 0.2) is 12.0 Å². The van der Waals surface area contributed by atoms with Crippen LogP contribution in [-0.4, -0.2) is 5.78 Å². The molecule has 1 nitrogen and oxygen atoms in total. The normalized spacial score (nSPS) is 12.4. The third-order valence-corrected chi connectivity index (χ3v) is 2.67. The Kier molecular flexibility index (Phi) is 5.17. The lowest BCUT2D eigenvalue weighted by atomic mass is 10.0. The van der Waals surface area contributed by atoms with Crippen molar-refractivity contribution in [2.45, 2.75) is 45.7 Å². The predicted octanol–water partition coefficient (Wildman–Crippen LogP) is 4.02. The van der Waals surface area contributed by atoms with E-state index in [0.717, 1.165) is 18.4 Å². The molecule has 0 saturated heterocycles. The van der Waals surface area contributed by atoms with Gasteiger partial charge in [-0.05, 0) is 30.9 Å². The highest BCUT2D eigenvalue weighted by atomic mass is 19.1. The largest absolute Gasteiger partial charge is 0.296 e. The summed E-state index contributed by atoms with van der Waals surface area (Å²) in [4.78, 5) is 10.9. The second kappa shape index (κ2) is 6.41. The van der Waals surface area contributed by atoms with Crippen LogP contribution in [-0.2, 0) is 11.2 Å². The van der Waals surface area contributed by atoms with Gasteiger partial charge in [0.2, 0.25) is 0 Å². The molecule has 0 radical (unpaired) electrons. The van der Waals surface area contributed by atoms with E-state index in [2.05, 4.69) is 6.92 Å². The minimum absolute atomic E-state index is 0.425. The van der Waals surface area contributed by atoms with Gasteiger partial charge in [0.05, 0.1) is 0 Å². The Balaban J connectivity index is 2.67. The summed E-state index contributed by atoms with van der Waals surface area (Å²) in [5.74, 6) is -0.425. The number of aryl methyl sites for hydroxylation is 1. The molecule has 88 valence electrons. The molecule has 0 amide bonds. The first kappa shape index (κ1) is 12.9. The number of carbonyl (C=O) groups excluding carboxylic acids is 1. The van der Waals surface area contributed by atoms with Gasteiger partial charge in [0.25, 0.3) is 0 Å². The molecule has 0 aliphatic rings. The molecule has 0 bridgehead atoms. The maximum Gasteiger partial charge on any atom is 0.183 e. The topological polar surface area (TPSA) is 17.1 Å². The number of rotatable bonds is 6. The smallest absolute Gasteiger partial charge is 0.183 e. The Morgan fingerprint density at radius 2 is 2.12 bits per heavy atom. The zero-order valence-corrected chi connectivity index (χ0v) is 10.0. The van der Waals surface area contributed by atoms with E-state index in [9.17, 15) is 9.18 Å². The summed E-state index contributed by atoms with van der Waals surface area (Å²) in [6.07, 6.45) is 2.99. The number of carbonyl (C=O) groups is 1. The number of halogens is 1. The van der Waals surface area contributed by atoms with Gasteiger partial charge in [-0.1, -0.05) is 44.0 Å². The summed E-state index contributed by atoms with van der Waals surface area (Å²) in [7, 11) is 0. The Morgan fingerprint density at radius 1 is 1.38 bits per heavy atom. The number of alkyl halides is 1. The van der Waals surface area contributed by atoms with Gasteiger partial charge >= 0.3 is 0 Å². The third kappa shape index (κ3) is 3.76. The summed E-state index contributed by atoms with van der Waals surface area (Å²) in [6.45, 7) is 3.44. The average molecular weight is 222 g/mol. The molecule has 0 aliphatic carbocycles. The van der Waals surface area contributed by atoms with Gasteiger partial charge < -0.3 is 0 Å². The second-order valence-electron chi connectivity index (χ2n) is 4.18. The molecule has 16 heavy (non-hydrogen) atoms. The average Bonchev–Trinajstić information content (AvgIpc) is 2.29. The van der Waals surface area contributed by atoms with Gasteiger partial charge in [-0.15, -0.1) is 0 Å². The third-order valence-electron chi connectivity index (χ3n) is 2.67. The molecule has 1 rings (SSSR count). The number of Topliss-reactive ketones (excluding diaryl/α,β-unsaturated/α-hetero) is 1. The van der Waals surface area contributed by atoms with Gasteiger partial charge in [0, 0.05) is 0 Å². The first-order valence-corrected chi connectivity index (χ1v) is 5.88. The van der Waals surface area contributed by atoms with Gasteiger partial charge in [-0.3, -0.25) is 4.79 Å². The van der Waals surface area contributed by atoms with Crippen LogP contribution >= 0.6 is 0 Å². The molecule has 1 unspecified atom stereocenters. The molecular formula is C14H19FO. The van der Waals surface area contributed by atoms with Crippen LogP contribution in [0.25, 0.3) is 0 Å². The van der Waals surface area contributed by atoms with Gasteiger partial charge in [-0.25, -0.2) is 4.39 Å². The fourth-order valence-electron chi connectivity index (χ4n) is 1.72. The summed E-state index contributed by atoms with van der Waals surface area (Å²) in [5, 5.41) is 0. The molecule has 0 heterocycles. The fraction of sp³-hybridized carbons (Fsp3) is 0.500. The number of unbranched alkanes of at least 4 members (excludes halogenated alkanes) is 2. The lowest BCUT2D eigenvalue weighted by molar-refractivity contribution is -0.121. The summed E-state index contributed by atoms with van der Waals surface area (Å²) < 4.78 is 13.5. The summed E-state index contributed by atoms with van der Waals surface area (Å²) in [5.41, 5.74) is 1.61. The van der Waals surface area contributed by atoms with E-state index < -0.39 is 12.0 Å². The Bertz CT molecular complexity index is 346. The van der Waals surface area contributed by atoms with E-state index in [1.807, 2.05) is 18.2 Å². The highest BCUT2D eigenvalue weighted by molar-refractivity contribution is 5.81. The number of ketones is 1. The minimum Gasteiger partial charge on any atom is -0.296 e. The van der Waals surface area contributed by atoms with Gasteiger partial charge in [0.1, 0.15) is 0 Å². The molecule has 0 saturated carbocycles. The second-order valence-corrected chi connectivity index (χ2v) is 4.18. The Labute approximate surface area is 96.7 Å². The zero-order chi connectivity index (χ0) is 12.0. The fourth-order valence-corrected chi connectivity index (χ4v) is 1.72. The van der Waals surface area contributed by atoms with E-state index in [0.29, 0.717) is 5.56 Å². The summed E-state index contributed by atoms with van der Waals surface area (Å²) in [6, 6.07) is 7.30. The van der Waals surface area contributed by atoms with Crippen LogP contribution in [0.5, 0.6) is 0 Å². The van der Waals surface area contributed by atoms with Crippen LogP contribution in [0.3, 0.4) is 0 Å². The quantitative estimate of drug-likeness (QED) is 0.664. The number of hydrogen-bond acceptors (Lipinski definition) is 1. The van der Waals surface area contributed by atoms with Crippen molar-refractivity contribution in [3.8, 4) is 0 Å². The standard InChI is InChI=1S/C14H19FO/c1-3-4-5-7-12-8-6-9-13(10-12)14(15)11(2)16/h6,8-10,14H,3-5,7H2,1-2H3. The molecule has 0 aliphatic heterocycles. The van der Waals surface area contributed by atoms with Crippen molar-refractivity contribution in [2.24, 2.45) is 0 Å². The van der Waals surface area contributed by atoms with Crippen molar-refractivity contribution in [3.63, 3.8) is 0 Å². The monoisotopic (exact) mass is 222 g/mol. The van der Waals surface area contributed by atoms with Crippen LogP contribution < -0.4 is 0 Å². The first-order chi connectivity index (χ1) is 7.65. The Hall–Kier alpha value is -1.18. The first-order valence-electron chi connectivity index (χ1n) is 5.88. The predicted molar refractivity (Wildman–Crippen MR) is 64.2 cm³/mol. The van der Waals surface area contributed by atoms with E-state index in [1.54, 1.807) is 6.07 Å². The van der Waals surface area contributed by atoms with Crippen LogP contribution in [0.1, 0.15) is 50.4 Å². The zero-order valence-electron chi connectivity index (χ0n) is 10.0. The van der Waals surface area contributed by atoms with Crippen molar-refractivity contribution in [3.05, 3.63) is 35.4 Å². The minimum atomic E-state index is -1.47. The number of hydrogen-bond donors (Lipinski definition) is 0. The van der Waals surface area contributed by atoms with Crippen LogP contribution in [0.4, 0.5) is 4.39 Å². The SMILES string of the molecule is CCCCCc1cccc(C(F)C(C)=O)c1. The van der Waals surface area contributed by atoms with Gasteiger partial charge in [-0.2, -0.15) is 0 Å².